The smallest absolute Gasteiger partial charge is 0.0680 e. The monoisotopic (exact) mass is 684 g/mol. The summed E-state index contributed by atoms with van der Waals surface area (Å²) in [5.41, 5.74) is 9.20. The lowest BCUT2D eigenvalue weighted by Gasteiger charge is -2.46. The van der Waals surface area contributed by atoms with Crippen molar-refractivity contribution in [1.29, 1.82) is 0 Å². The Morgan fingerprint density at radius 1 is 0.902 bits per heavy atom. The lowest BCUT2D eigenvalue weighted by Crippen LogP contribution is -2.44. The zero-order valence-electron chi connectivity index (χ0n) is 29.7. The van der Waals surface area contributed by atoms with Crippen molar-refractivity contribution in [1.82, 2.24) is 4.90 Å². The van der Waals surface area contributed by atoms with Gasteiger partial charge in [0.15, 0.2) is 0 Å². The van der Waals surface area contributed by atoms with Crippen LogP contribution in [-0.4, -0.2) is 16.2 Å². The Morgan fingerprint density at radius 3 is 2.55 bits per heavy atom. The number of fused-ring (bicyclic) bond motifs is 3. The molecule has 5 aliphatic carbocycles. The van der Waals surface area contributed by atoms with Gasteiger partial charge in [-0.05, 0) is 93.0 Å². The molecule has 51 heavy (non-hydrogen) atoms. The molecule has 4 unspecified atom stereocenters. The van der Waals surface area contributed by atoms with E-state index in [1.807, 2.05) is 13.0 Å². The molecule has 6 aliphatic rings. The molecule has 0 aromatic heterocycles. The van der Waals surface area contributed by atoms with E-state index < -0.39 is 0 Å². The second kappa shape index (κ2) is 15.3. The van der Waals surface area contributed by atoms with E-state index in [-0.39, 0.29) is 0 Å². The molecule has 2 nitrogen and oxygen atoms in total. The molecular weight excluding hydrogens is 637 g/mol. The van der Waals surface area contributed by atoms with Crippen LogP contribution in [0.25, 0.3) is 10.8 Å². The van der Waals surface area contributed by atoms with Crippen molar-refractivity contribution in [2.45, 2.75) is 63.2 Å². The van der Waals surface area contributed by atoms with Crippen molar-refractivity contribution in [3.63, 3.8) is 0 Å². The number of thioether (sulfide) groups is 1. The lowest BCUT2D eigenvalue weighted by molar-refractivity contribution is 0.352. The van der Waals surface area contributed by atoms with Crippen LogP contribution in [0.1, 0.15) is 51.9 Å². The summed E-state index contributed by atoms with van der Waals surface area (Å²) in [6.45, 7) is 6.35. The molecule has 0 saturated carbocycles. The summed E-state index contributed by atoms with van der Waals surface area (Å²) >= 11 is 2.07. The molecule has 1 heterocycles. The fourth-order valence-corrected chi connectivity index (χ4v) is 9.57. The highest BCUT2D eigenvalue weighted by Crippen LogP contribution is 2.48. The van der Waals surface area contributed by atoms with Crippen molar-refractivity contribution in [2.24, 2.45) is 11.8 Å². The first-order valence-electron chi connectivity index (χ1n) is 18.8. The van der Waals surface area contributed by atoms with Crippen LogP contribution in [0.4, 0.5) is 5.69 Å². The third-order valence-corrected chi connectivity index (χ3v) is 12.1. The van der Waals surface area contributed by atoms with Crippen LogP contribution < -0.4 is 4.90 Å². The molecule has 0 N–H and O–H groups in total. The molecule has 0 bridgehead atoms. The van der Waals surface area contributed by atoms with Gasteiger partial charge in [-0.15, -0.1) is 11.8 Å². The zero-order chi connectivity index (χ0) is 34.6. The summed E-state index contributed by atoms with van der Waals surface area (Å²) in [4.78, 5) is 6.60. The topological polar surface area (TPSA) is 6.48 Å². The van der Waals surface area contributed by atoms with E-state index >= 15 is 0 Å². The molecule has 1 saturated heterocycles. The predicted molar refractivity (Wildman–Crippen MR) is 221 cm³/mol. The van der Waals surface area contributed by atoms with E-state index in [9.17, 15) is 0 Å². The predicted octanol–water partition coefficient (Wildman–Crippen LogP) is 12.7. The van der Waals surface area contributed by atoms with Crippen molar-refractivity contribution >= 4 is 28.2 Å². The maximum absolute atomic E-state index is 4.31. The summed E-state index contributed by atoms with van der Waals surface area (Å²) in [5, 5.41) is 2.94. The first kappa shape index (κ1) is 33.4. The second-order valence-electron chi connectivity index (χ2n) is 14.2. The zero-order valence-corrected chi connectivity index (χ0v) is 30.5. The molecule has 0 radical (unpaired) electrons. The first-order valence-corrected chi connectivity index (χ1v) is 19.7. The molecule has 1 aliphatic heterocycles. The van der Waals surface area contributed by atoms with Crippen LogP contribution in [0, 0.1) is 11.8 Å². The van der Waals surface area contributed by atoms with Gasteiger partial charge in [0.05, 0.1) is 22.7 Å². The molecule has 1 fully saturated rings. The van der Waals surface area contributed by atoms with Crippen LogP contribution in [0.5, 0.6) is 0 Å². The van der Waals surface area contributed by atoms with Gasteiger partial charge in [-0.2, -0.15) is 0 Å². The molecule has 4 atom stereocenters. The largest absolute Gasteiger partial charge is 0.336 e. The fourth-order valence-electron chi connectivity index (χ4n) is 8.19. The molecule has 3 heteroatoms. The molecule has 8 rings (SSSR count). The van der Waals surface area contributed by atoms with Gasteiger partial charge >= 0.3 is 0 Å². The van der Waals surface area contributed by atoms with E-state index in [1.54, 1.807) is 0 Å². The third-order valence-electron chi connectivity index (χ3n) is 10.7. The van der Waals surface area contributed by atoms with E-state index in [0.29, 0.717) is 23.1 Å². The standard InChI is InChI=1S/C48H48N2S/c1-3-4-6-14-35(2)33-36-23-28-41(29-24-36)49(44-21-13-16-38-15-9-10-19-43(38)44)42-30-25-37(26-31-42)39-27-32-46-48(34-39)51-47-22-12-11-20-45(47)50(46)40-17-7-5-8-18-40/h3-7,9-10,13-17,19-23,25,27-32,34,36-37,46,48H,2,8,11-12,18,24,26,33H2,1H3/b4-3-,14-6-. The Morgan fingerprint density at radius 2 is 1.75 bits per heavy atom. The normalized spacial score (nSPS) is 25.5. The van der Waals surface area contributed by atoms with Crippen LogP contribution in [0.2, 0.25) is 0 Å². The van der Waals surface area contributed by atoms with Gasteiger partial charge in [0.1, 0.15) is 0 Å². The molecule has 0 spiro atoms. The average molecular weight is 685 g/mol. The summed E-state index contributed by atoms with van der Waals surface area (Å²) in [5.74, 6) is 0.820. The highest BCUT2D eigenvalue weighted by Gasteiger charge is 2.38. The number of anilines is 1. The van der Waals surface area contributed by atoms with Gasteiger partial charge in [0.2, 0.25) is 0 Å². The SMILES string of the molecule is C=C(/C=C\C=C/C)CC1C=CC(N(C2=CCC(C3=CC4SC5=CCCC=C5N(C5=CC=CCC5)C4C=C3)C=C2)c2cccc3ccccc23)=CC1. The van der Waals surface area contributed by atoms with Gasteiger partial charge in [-0.1, -0.05) is 140 Å². The lowest BCUT2D eigenvalue weighted by atomic mass is 9.86. The molecule has 2 aromatic carbocycles. The summed E-state index contributed by atoms with van der Waals surface area (Å²) in [7, 11) is 0. The third kappa shape index (κ3) is 7.10. The minimum Gasteiger partial charge on any atom is -0.336 e. The van der Waals surface area contributed by atoms with Gasteiger partial charge < -0.3 is 9.80 Å². The van der Waals surface area contributed by atoms with E-state index in [4.69, 9.17) is 0 Å². The quantitative estimate of drug-likeness (QED) is 0.243. The maximum atomic E-state index is 4.31. The van der Waals surface area contributed by atoms with Crippen molar-refractivity contribution in [3.8, 4) is 0 Å². The maximum Gasteiger partial charge on any atom is 0.0680 e. The Bertz CT molecular complexity index is 2060. The Kier molecular flexibility index (Phi) is 9.99. The van der Waals surface area contributed by atoms with Crippen LogP contribution in [0.15, 0.2) is 197 Å². The minimum absolute atomic E-state index is 0.355. The van der Waals surface area contributed by atoms with Crippen LogP contribution in [-0.2, 0) is 0 Å². The van der Waals surface area contributed by atoms with Crippen molar-refractivity contribution in [2.75, 3.05) is 4.90 Å². The molecule has 256 valence electrons. The van der Waals surface area contributed by atoms with Gasteiger partial charge in [-0.3, -0.25) is 0 Å². The Labute approximate surface area is 309 Å². The average Bonchev–Trinajstić information content (AvgIpc) is 3.18. The number of rotatable bonds is 9. The molecule has 2 aromatic rings. The van der Waals surface area contributed by atoms with Gasteiger partial charge in [0.25, 0.3) is 0 Å². The number of nitrogens with zero attached hydrogens (tertiary/aromatic N) is 2. The Balaban J connectivity index is 1.04. The summed E-state index contributed by atoms with van der Waals surface area (Å²) < 4.78 is 0. The molecule has 0 amide bonds. The number of allylic oxidation sites excluding steroid dienone is 19. The van der Waals surface area contributed by atoms with Crippen LogP contribution in [0.3, 0.4) is 0 Å². The minimum atomic E-state index is 0.355. The van der Waals surface area contributed by atoms with Gasteiger partial charge in [0, 0.05) is 33.3 Å². The summed E-state index contributed by atoms with van der Waals surface area (Å²) in [6.07, 6.45) is 49.6. The van der Waals surface area contributed by atoms with E-state index in [0.717, 1.165) is 44.9 Å². The van der Waals surface area contributed by atoms with Gasteiger partial charge in [-0.25, -0.2) is 0 Å². The van der Waals surface area contributed by atoms with Crippen molar-refractivity contribution < 1.29 is 0 Å². The van der Waals surface area contributed by atoms with Crippen LogP contribution >= 0.6 is 11.8 Å². The molecular formula is C48H48N2S. The second-order valence-corrected chi connectivity index (χ2v) is 15.4. The highest BCUT2D eigenvalue weighted by atomic mass is 32.2. The van der Waals surface area contributed by atoms with E-state index in [2.05, 4.69) is 174 Å². The number of hydrogen-bond donors (Lipinski definition) is 0. The first-order chi connectivity index (χ1) is 25.2. The fraction of sp³-hybridized carbons (Fsp3) is 0.250. The van der Waals surface area contributed by atoms with Crippen molar-refractivity contribution in [3.05, 3.63) is 197 Å². The highest BCUT2D eigenvalue weighted by molar-refractivity contribution is 8.04. The number of hydrogen-bond acceptors (Lipinski definition) is 3. The number of benzene rings is 2. The van der Waals surface area contributed by atoms with E-state index in [1.165, 1.54) is 55.3 Å². The summed E-state index contributed by atoms with van der Waals surface area (Å²) in [6, 6.07) is 15.8. The Hall–Kier alpha value is -4.73.